The fourth-order valence-corrected chi connectivity index (χ4v) is 4.21. The van der Waals surface area contributed by atoms with Gasteiger partial charge in [0.05, 0.1) is 33.8 Å². The summed E-state index contributed by atoms with van der Waals surface area (Å²) in [7, 11) is -2.47. The minimum atomic E-state index is -3.96. The zero-order valence-corrected chi connectivity index (χ0v) is 18.7. The Labute approximate surface area is 194 Å². The predicted molar refractivity (Wildman–Crippen MR) is 123 cm³/mol. The van der Waals surface area contributed by atoms with Crippen LogP contribution in [0.1, 0.15) is 10.4 Å². The Morgan fingerprint density at radius 1 is 0.970 bits per heavy atom. The first-order chi connectivity index (χ1) is 15.9. The number of anilines is 2. The Balaban J connectivity index is 1.55. The lowest BCUT2D eigenvalue weighted by atomic mass is 10.2. The lowest BCUT2D eigenvalue weighted by Gasteiger charge is -2.12. The summed E-state index contributed by atoms with van der Waals surface area (Å²) in [5.74, 6) is 0.00577. The van der Waals surface area contributed by atoms with Crippen molar-refractivity contribution in [3.8, 4) is 17.2 Å². The van der Waals surface area contributed by atoms with Crippen molar-refractivity contribution in [2.45, 2.75) is 4.90 Å². The van der Waals surface area contributed by atoms with Crippen molar-refractivity contribution in [3.05, 3.63) is 83.4 Å². The Kier molecular flexibility index (Phi) is 6.29. The van der Waals surface area contributed by atoms with E-state index in [1.165, 1.54) is 43.5 Å². The minimum absolute atomic E-state index is 0.0137. The smallest absolute Gasteiger partial charge is 0.322 e. The van der Waals surface area contributed by atoms with Gasteiger partial charge in [0.2, 0.25) is 0 Å². The Morgan fingerprint density at radius 3 is 2.39 bits per heavy atom. The zero-order chi connectivity index (χ0) is 23.4. The first-order valence-electron chi connectivity index (χ1n) is 9.53. The van der Waals surface area contributed by atoms with E-state index >= 15 is 0 Å². The lowest BCUT2D eigenvalue weighted by Crippen LogP contribution is -2.18. The van der Waals surface area contributed by atoms with Crippen LogP contribution in [-0.4, -0.2) is 31.6 Å². The van der Waals surface area contributed by atoms with Crippen molar-refractivity contribution < 1.29 is 22.4 Å². The number of aromatic nitrogens is 2. The molecule has 0 saturated heterocycles. The van der Waals surface area contributed by atoms with Crippen molar-refractivity contribution >= 4 is 39.2 Å². The van der Waals surface area contributed by atoms with Crippen LogP contribution in [0.3, 0.4) is 0 Å². The third-order valence-corrected chi connectivity index (χ3v) is 6.25. The number of para-hydroxylation sites is 1. The molecule has 1 aromatic heterocycles. The number of hydrogen-bond acceptors (Lipinski definition) is 7. The largest absolute Gasteiger partial charge is 0.497 e. The van der Waals surface area contributed by atoms with E-state index < -0.39 is 15.9 Å². The number of nitrogens with one attached hydrogen (secondary N) is 2. The molecule has 33 heavy (non-hydrogen) atoms. The van der Waals surface area contributed by atoms with E-state index in [2.05, 4.69) is 20.2 Å². The van der Waals surface area contributed by atoms with E-state index in [-0.39, 0.29) is 28.1 Å². The van der Waals surface area contributed by atoms with E-state index in [0.29, 0.717) is 16.3 Å². The molecule has 4 rings (SSSR count). The molecule has 0 unspecified atom stereocenters. The number of halogens is 1. The molecule has 0 bridgehead atoms. The SMILES string of the molecule is COc1ccc(S(=O)(=O)Nc2ccccc2C(=O)Nc2nnc(-c3ccccc3Cl)o2)cc1. The van der Waals surface area contributed by atoms with Gasteiger partial charge in [-0.15, -0.1) is 5.10 Å². The molecular formula is C22H17ClN4O5S. The fraction of sp³-hybridized carbons (Fsp3) is 0.0455. The Bertz CT molecular complexity index is 1400. The van der Waals surface area contributed by atoms with Crippen LogP contribution in [0.4, 0.5) is 11.7 Å². The van der Waals surface area contributed by atoms with Crippen LogP contribution in [0.2, 0.25) is 5.02 Å². The van der Waals surface area contributed by atoms with Gasteiger partial charge in [-0.2, -0.15) is 0 Å². The van der Waals surface area contributed by atoms with Crippen LogP contribution in [0.25, 0.3) is 11.5 Å². The molecule has 2 N–H and O–H groups in total. The Hall–Kier alpha value is -3.89. The maximum atomic E-state index is 12.8. The van der Waals surface area contributed by atoms with E-state index in [1.54, 1.807) is 36.4 Å². The molecule has 1 amide bonds. The number of methoxy groups -OCH3 is 1. The molecule has 9 nitrogen and oxygen atoms in total. The number of carbonyl (C=O) groups excluding carboxylic acids is 1. The van der Waals surface area contributed by atoms with Crippen LogP contribution in [0, 0.1) is 0 Å². The van der Waals surface area contributed by atoms with Gasteiger partial charge in [0.15, 0.2) is 0 Å². The summed E-state index contributed by atoms with van der Waals surface area (Å²) in [4.78, 5) is 12.9. The van der Waals surface area contributed by atoms with Gasteiger partial charge < -0.3 is 9.15 Å². The first-order valence-corrected chi connectivity index (χ1v) is 11.4. The number of benzene rings is 3. The molecule has 0 saturated carbocycles. The van der Waals surface area contributed by atoms with Gasteiger partial charge in [0.25, 0.3) is 21.8 Å². The molecule has 0 spiro atoms. The van der Waals surface area contributed by atoms with Crippen molar-refractivity contribution in [1.29, 1.82) is 0 Å². The number of carbonyl (C=O) groups is 1. The standard InChI is InChI=1S/C22H17ClN4O5S/c1-31-14-10-12-15(13-11-14)33(29,30)27-19-9-5-3-7-17(19)20(28)24-22-26-25-21(32-22)16-6-2-4-8-18(16)23/h2-13,27H,1H3,(H,24,26,28). The second-order valence-corrected chi connectivity index (χ2v) is 8.76. The van der Waals surface area contributed by atoms with Crippen molar-refractivity contribution in [2.24, 2.45) is 0 Å². The molecular weight excluding hydrogens is 468 g/mol. The second-order valence-electron chi connectivity index (χ2n) is 6.67. The number of ether oxygens (including phenoxy) is 1. The molecule has 0 atom stereocenters. The van der Waals surface area contributed by atoms with E-state index in [1.807, 2.05) is 0 Å². The monoisotopic (exact) mass is 484 g/mol. The molecule has 0 aliphatic carbocycles. The molecule has 1 heterocycles. The normalized spacial score (nSPS) is 11.1. The van der Waals surface area contributed by atoms with Gasteiger partial charge in [-0.25, -0.2) is 8.42 Å². The van der Waals surface area contributed by atoms with Crippen LogP contribution >= 0.6 is 11.6 Å². The topological polar surface area (TPSA) is 123 Å². The summed E-state index contributed by atoms with van der Waals surface area (Å²) in [5.41, 5.74) is 0.656. The zero-order valence-electron chi connectivity index (χ0n) is 17.2. The highest BCUT2D eigenvalue weighted by Gasteiger charge is 2.20. The summed E-state index contributed by atoms with van der Waals surface area (Å²) in [6.45, 7) is 0. The summed E-state index contributed by atoms with van der Waals surface area (Å²) in [6.07, 6.45) is 0. The second kappa shape index (κ2) is 9.31. The number of sulfonamides is 1. The molecule has 0 fully saturated rings. The number of hydrogen-bond donors (Lipinski definition) is 2. The van der Waals surface area contributed by atoms with E-state index in [4.69, 9.17) is 20.8 Å². The van der Waals surface area contributed by atoms with Crippen LogP contribution < -0.4 is 14.8 Å². The van der Waals surface area contributed by atoms with Crippen molar-refractivity contribution in [1.82, 2.24) is 10.2 Å². The van der Waals surface area contributed by atoms with Gasteiger partial charge >= 0.3 is 6.01 Å². The fourth-order valence-electron chi connectivity index (χ4n) is 2.91. The molecule has 0 aliphatic heterocycles. The highest BCUT2D eigenvalue weighted by atomic mass is 35.5. The van der Waals surface area contributed by atoms with Gasteiger partial charge in [0, 0.05) is 0 Å². The number of amides is 1. The summed E-state index contributed by atoms with van der Waals surface area (Å²) in [5, 5.41) is 10.6. The minimum Gasteiger partial charge on any atom is -0.497 e. The van der Waals surface area contributed by atoms with E-state index in [9.17, 15) is 13.2 Å². The van der Waals surface area contributed by atoms with Crippen LogP contribution in [-0.2, 0) is 10.0 Å². The lowest BCUT2D eigenvalue weighted by molar-refractivity contribution is 0.102. The predicted octanol–water partition coefficient (Wildman–Crippen LogP) is 4.45. The molecule has 3 aromatic carbocycles. The summed E-state index contributed by atoms with van der Waals surface area (Å²) >= 11 is 6.13. The number of nitrogens with zero attached hydrogens (tertiary/aromatic N) is 2. The molecule has 168 valence electrons. The molecule has 0 radical (unpaired) electrons. The number of rotatable bonds is 7. The Morgan fingerprint density at radius 2 is 1.67 bits per heavy atom. The highest BCUT2D eigenvalue weighted by molar-refractivity contribution is 7.92. The first kappa shape index (κ1) is 22.3. The maximum absolute atomic E-state index is 12.8. The van der Waals surface area contributed by atoms with Gasteiger partial charge in [-0.3, -0.25) is 14.8 Å². The third-order valence-electron chi connectivity index (χ3n) is 4.54. The quantitative estimate of drug-likeness (QED) is 0.397. The van der Waals surface area contributed by atoms with Crippen LogP contribution in [0.15, 0.2) is 82.1 Å². The summed E-state index contributed by atoms with van der Waals surface area (Å²) < 4.78 is 38.5. The highest BCUT2D eigenvalue weighted by Crippen LogP contribution is 2.28. The van der Waals surface area contributed by atoms with E-state index in [0.717, 1.165) is 0 Å². The van der Waals surface area contributed by atoms with Crippen molar-refractivity contribution in [3.63, 3.8) is 0 Å². The van der Waals surface area contributed by atoms with Gasteiger partial charge in [0.1, 0.15) is 5.75 Å². The average Bonchev–Trinajstić information content (AvgIpc) is 3.27. The van der Waals surface area contributed by atoms with Crippen molar-refractivity contribution in [2.75, 3.05) is 17.1 Å². The molecule has 11 heteroatoms. The average molecular weight is 485 g/mol. The summed E-state index contributed by atoms with van der Waals surface area (Å²) in [6, 6.07) is 18.7. The van der Waals surface area contributed by atoms with Gasteiger partial charge in [-0.05, 0) is 48.5 Å². The third kappa shape index (κ3) is 4.97. The van der Waals surface area contributed by atoms with Gasteiger partial charge in [-0.1, -0.05) is 41.0 Å². The molecule has 0 aliphatic rings. The maximum Gasteiger partial charge on any atom is 0.322 e. The molecule has 4 aromatic rings. The van der Waals surface area contributed by atoms with Crippen LogP contribution in [0.5, 0.6) is 5.75 Å².